The topological polar surface area (TPSA) is 73.6 Å². The molecule has 0 spiro atoms. The number of hydrogen-bond acceptors (Lipinski definition) is 6. The van der Waals surface area contributed by atoms with Crippen molar-refractivity contribution in [3.8, 4) is 27.6 Å². The highest BCUT2D eigenvalue weighted by molar-refractivity contribution is 7.22. The van der Waals surface area contributed by atoms with Gasteiger partial charge in [0.25, 0.3) is 5.56 Å². The van der Waals surface area contributed by atoms with Crippen molar-refractivity contribution >= 4 is 33.2 Å². The fourth-order valence-corrected chi connectivity index (χ4v) is 4.25. The number of nitrogens with zero attached hydrogens (tertiary/aromatic N) is 2. The first-order valence-electron chi connectivity index (χ1n) is 9.76. The summed E-state index contributed by atoms with van der Waals surface area (Å²) in [6.07, 6.45) is 1.56. The normalized spacial score (nSPS) is 12.1. The molecule has 2 aromatic carbocycles. The first kappa shape index (κ1) is 21.4. The van der Waals surface area contributed by atoms with Crippen LogP contribution in [-0.2, 0) is 0 Å². The number of aliphatic hydroxyl groups excluding tert-OH is 1. The molecule has 6 nitrogen and oxygen atoms in total. The molecular weight excluding hydrogens is 436 g/mol. The minimum Gasteiger partial charge on any atom is -0.493 e. The summed E-state index contributed by atoms with van der Waals surface area (Å²) in [6.45, 7) is 2.05. The fourth-order valence-electron chi connectivity index (χ4n) is 3.08. The number of aliphatic hydroxyl groups is 1. The van der Waals surface area contributed by atoms with Crippen molar-refractivity contribution in [2.24, 2.45) is 0 Å². The van der Waals surface area contributed by atoms with Crippen LogP contribution in [0.1, 0.15) is 13.3 Å². The molecule has 2 heterocycles. The highest BCUT2D eigenvalue weighted by atomic mass is 35.5. The van der Waals surface area contributed by atoms with Crippen molar-refractivity contribution in [3.63, 3.8) is 0 Å². The molecule has 1 unspecified atom stereocenters. The molecular formula is C23H21ClN2O4S. The Labute approximate surface area is 188 Å². The summed E-state index contributed by atoms with van der Waals surface area (Å²) in [5.41, 5.74) is 2.08. The monoisotopic (exact) mass is 456 g/mol. The van der Waals surface area contributed by atoms with Gasteiger partial charge in [-0.25, -0.2) is 4.98 Å². The van der Waals surface area contributed by atoms with Crippen LogP contribution >= 0.6 is 22.9 Å². The highest BCUT2D eigenvalue weighted by Crippen LogP contribution is 2.33. The summed E-state index contributed by atoms with van der Waals surface area (Å²) in [4.78, 5) is 18.6. The van der Waals surface area contributed by atoms with Gasteiger partial charge in [0.1, 0.15) is 17.6 Å². The minimum atomic E-state index is -0.549. The van der Waals surface area contributed by atoms with E-state index < -0.39 is 6.10 Å². The molecule has 0 aliphatic heterocycles. The lowest BCUT2D eigenvalue weighted by Crippen LogP contribution is -2.18. The summed E-state index contributed by atoms with van der Waals surface area (Å²) >= 11 is 7.37. The Morgan fingerprint density at radius 3 is 2.65 bits per heavy atom. The standard InChI is InChI=1S/C23H21ClN2O4S/c1-3-17(27)12-30-19-9-8-16(10-20(19)29-2)26-13-25-18-11-21(31-22(18)23(26)28)14-4-6-15(24)7-5-14/h4-11,13,17,27H,3,12H2,1-2H3. The number of methoxy groups -OCH3 is 1. The molecule has 0 aliphatic rings. The van der Waals surface area contributed by atoms with E-state index in [1.807, 2.05) is 37.3 Å². The molecule has 0 amide bonds. The molecule has 1 N–H and O–H groups in total. The van der Waals surface area contributed by atoms with Crippen LogP contribution in [0.3, 0.4) is 0 Å². The summed E-state index contributed by atoms with van der Waals surface area (Å²) in [6, 6.07) is 14.6. The molecule has 0 fully saturated rings. The molecule has 0 saturated heterocycles. The lowest BCUT2D eigenvalue weighted by atomic mass is 10.2. The number of hydrogen-bond donors (Lipinski definition) is 1. The van der Waals surface area contributed by atoms with Crippen LogP contribution in [-0.4, -0.2) is 34.5 Å². The van der Waals surface area contributed by atoms with Gasteiger partial charge >= 0.3 is 0 Å². The number of thiophene rings is 1. The lowest BCUT2D eigenvalue weighted by molar-refractivity contribution is 0.102. The number of rotatable bonds is 7. The maximum Gasteiger partial charge on any atom is 0.275 e. The van der Waals surface area contributed by atoms with Crippen LogP contribution in [0.4, 0.5) is 0 Å². The van der Waals surface area contributed by atoms with Crippen molar-refractivity contribution in [2.75, 3.05) is 13.7 Å². The second-order valence-corrected chi connectivity index (χ2v) is 8.45. The van der Waals surface area contributed by atoms with E-state index in [2.05, 4.69) is 4.98 Å². The van der Waals surface area contributed by atoms with Crippen molar-refractivity contribution in [1.29, 1.82) is 0 Å². The Balaban J connectivity index is 1.70. The van der Waals surface area contributed by atoms with Crippen LogP contribution in [0, 0.1) is 0 Å². The predicted octanol–water partition coefficient (Wildman–Crippen LogP) is 4.93. The zero-order chi connectivity index (χ0) is 22.0. The quantitative estimate of drug-likeness (QED) is 0.427. The SMILES string of the molecule is CCC(O)COc1ccc(-n2cnc3cc(-c4ccc(Cl)cc4)sc3c2=O)cc1OC. The molecule has 1 atom stereocenters. The summed E-state index contributed by atoms with van der Waals surface area (Å²) in [5, 5.41) is 10.4. The van der Waals surface area contributed by atoms with Crippen molar-refractivity contribution in [3.05, 3.63) is 70.2 Å². The van der Waals surface area contributed by atoms with Gasteiger partial charge in [0.15, 0.2) is 11.5 Å². The Morgan fingerprint density at radius 2 is 1.94 bits per heavy atom. The van der Waals surface area contributed by atoms with E-state index in [1.54, 1.807) is 18.2 Å². The first-order valence-corrected chi connectivity index (χ1v) is 11.0. The van der Waals surface area contributed by atoms with Gasteiger partial charge in [-0.05, 0) is 42.3 Å². The average molecular weight is 457 g/mol. The Kier molecular flexibility index (Phi) is 6.27. The van der Waals surface area contributed by atoms with Crippen LogP contribution < -0.4 is 15.0 Å². The number of benzene rings is 2. The maximum absolute atomic E-state index is 13.2. The van der Waals surface area contributed by atoms with Crippen LogP contribution in [0.2, 0.25) is 5.02 Å². The molecule has 160 valence electrons. The second kappa shape index (κ2) is 9.09. The van der Waals surface area contributed by atoms with Gasteiger partial charge < -0.3 is 14.6 Å². The van der Waals surface area contributed by atoms with E-state index in [1.165, 1.54) is 29.3 Å². The van der Waals surface area contributed by atoms with E-state index in [4.69, 9.17) is 21.1 Å². The van der Waals surface area contributed by atoms with E-state index in [-0.39, 0.29) is 12.2 Å². The number of aromatic nitrogens is 2. The molecule has 0 aliphatic carbocycles. The molecule has 0 saturated carbocycles. The van der Waals surface area contributed by atoms with Crippen molar-refractivity contribution in [1.82, 2.24) is 9.55 Å². The zero-order valence-corrected chi connectivity index (χ0v) is 18.6. The summed E-state index contributed by atoms with van der Waals surface area (Å²) in [5.74, 6) is 0.975. The molecule has 31 heavy (non-hydrogen) atoms. The third-order valence-electron chi connectivity index (χ3n) is 4.89. The Morgan fingerprint density at radius 1 is 1.16 bits per heavy atom. The van der Waals surface area contributed by atoms with Gasteiger partial charge in [0.2, 0.25) is 0 Å². The van der Waals surface area contributed by atoms with Gasteiger partial charge in [-0.3, -0.25) is 9.36 Å². The van der Waals surface area contributed by atoms with E-state index in [0.29, 0.717) is 38.8 Å². The van der Waals surface area contributed by atoms with Gasteiger partial charge in [0, 0.05) is 16.0 Å². The summed E-state index contributed by atoms with van der Waals surface area (Å²) < 4.78 is 13.1. The molecule has 0 bridgehead atoms. The number of ether oxygens (including phenoxy) is 2. The van der Waals surface area contributed by atoms with E-state index >= 15 is 0 Å². The number of halogens is 1. The van der Waals surface area contributed by atoms with Gasteiger partial charge in [-0.15, -0.1) is 11.3 Å². The first-order chi connectivity index (χ1) is 15.0. The fraction of sp³-hybridized carbons (Fsp3) is 0.217. The predicted molar refractivity (Wildman–Crippen MR) is 124 cm³/mol. The second-order valence-electron chi connectivity index (χ2n) is 6.96. The average Bonchev–Trinajstić information content (AvgIpc) is 3.23. The lowest BCUT2D eigenvalue weighted by Gasteiger charge is -2.14. The molecule has 0 radical (unpaired) electrons. The minimum absolute atomic E-state index is 0.160. The third kappa shape index (κ3) is 4.44. The third-order valence-corrected chi connectivity index (χ3v) is 6.31. The maximum atomic E-state index is 13.2. The highest BCUT2D eigenvalue weighted by Gasteiger charge is 2.14. The molecule has 4 aromatic rings. The smallest absolute Gasteiger partial charge is 0.275 e. The Hall–Kier alpha value is -2.87. The Bertz CT molecular complexity index is 1270. The molecule has 4 rings (SSSR count). The summed E-state index contributed by atoms with van der Waals surface area (Å²) in [7, 11) is 1.53. The van der Waals surface area contributed by atoms with Gasteiger partial charge in [-0.1, -0.05) is 30.7 Å². The van der Waals surface area contributed by atoms with Crippen LogP contribution in [0.5, 0.6) is 11.5 Å². The van der Waals surface area contributed by atoms with Gasteiger partial charge in [0.05, 0.1) is 24.4 Å². The van der Waals surface area contributed by atoms with Crippen LogP contribution in [0.15, 0.2) is 59.7 Å². The van der Waals surface area contributed by atoms with E-state index in [0.717, 1.165) is 10.4 Å². The number of fused-ring (bicyclic) bond motifs is 1. The largest absolute Gasteiger partial charge is 0.493 e. The van der Waals surface area contributed by atoms with Gasteiger partial charge in [-0.2, -0.15) is 0 Å². The van der Waals surface area contributed by atoms with Crippen LogP contribution in [0.25, 0.3) is 26.3 Å². The van der Waals surface area contributed by atoms with Crippen molar-refractivity contribution < 1.29 is 14.6 Å². The molecule has 2 aromatic heterocycles. The van der Waals surface area contributed by atoms with E-state index in [9.17, 15) is 9.90 Å². The zero-order valence-electron chi connectivity index (χ0n) is 17.0. The molecule has 8 heteroatoms. The van der Waals surface area contributed by atoms with Crippen molar-refractivity contribution in [2.45, 2.75) is 19.4 Å².